The molecule has 0 bridgehead atoms. The second-order valence-corrected chi connectivity index (χ2v) is 6.46. The third-order valence-corrected chi connectivity index (χ3v) is 4.07. The van der Waals surface area contributed by atoms with Crippen LogP contribution in [0.4, 0.5) is 5.69 Å². The predicted molar refractivity (Wildman–Crippen MR) is 94.1 cm³/mol. The number of methoxy groups -OCH3 is 1. The highest BCUT2D eigenvalue weighted by Gasteiger charge is 2.16. The zero-order valence-electron chi connectivity index (χ0n) is 12.1. The van der Waals surface area contributed by atoms with Gasteiger partial charge in [0.25, 0.3) is 5.91 Å². The maximum atomic E-state index is 12.4. The summed E-state index contributed by atoms with van der Waals surface area (Å²) in [6.07, 6.45) is -0.0549. The lowest BCUT2D eigenvalue weighted by molar-refractivity contribution is -0.136. The quantitative estimate of drug-likeness (QED) is 0.730. The van der Waals surface area contributed by atoms with Gasteiger partial charge < -0.3 is 15.2 Å². The summed E-state index contributed by atoms with van der Waals surface area (Å²) in [6.45, 7) is 0. The summed E-state index contributed by atoms with van der Waals surface area (Å²) in [5.41, 5.74) is 1.61. The van der Waals surface area contributed by atoms with Crippen molar-refractivity contribution in [2.45, 2.75) is 6.42 Å². The topological polar surface area (TPSA) is 75.6 Å². The van der Waals surface area contributed by atoms with E-state index in [4.69, 9.17) is 9.84 Å². The van der Waals surface area contributed by atoms with Crippen LogP contribution in [0, 0.1) is 0 Å². The second-order valence-electron chi connectivity index (χ2n) is 4.69. The van der Waals surface area contributed by atoms with E-state index in [0.29, 0.717) is 27.0 Å². The van der Waals surface area contributed by atoms with Crippen LogP contribution in [0.25, 0.3) is 0 Å². The summed E-state index contributed by atoms with van der Waals surface area (Å²) in [6, 6.07) is 10.1. The van der Waals surface area contributed by atoms with Crippen LogP contribution in [0.1, 0.15) is 15.9 Å². The van der Waals surface area contributed by atoms with Gasteiger partial charge >= 0.3 is 5.97 Å². The van der Waals surface area contributed by atoms with Gasteiger partial charge in [0.2, 0.25) is 0 Å². The van der Waals surface area contributed by atoms with Gasteiger partial charge in [-0.3, -0.25) is 9.59 Å². The number of nitrogens with one attached hydrogen (secondary N) is 1. The van der Waals surface area contributed by atoms with E-state index >= 15 is 0 Å². The zero-order valence-corrected chi connectivity index (χ0v) is 15.3. The smallest absolute Gasteiger partial charge is 0.307 e. The Morgan fingerprint density at radius 2 is 1.83 bits per heavy atom. The number of halogens is 2. The fraction of sp³-hybridized carbons (Fsp3) is 0.125. The van der Waals surface area contributed by atoms with E-state index in [1.54, 1.807) is 36.4 Å². The van der Waals surface area contributed by atoms with Gasteiger partial charge in [-0.05, 0) is 45.8 Å². The molecule has 5 nitrogen and oxygen atoms in total. The molecule has 120 valence electrons. The van der Waals surface area contributed by atoms with Crippen molar-refractivity contribution in [3.63, 3.8) is 0 Å². The molecule has 0 radical (unpaired) electrons. The molecule has 0 atom stereocenters. The molecular formula is C16H13Br2NO4. The Kier molecular flexibility index (Phi) is 5.79. The van der Waals surface area contributed by atoms with Crippen molar-refractivity contribution in [3.8, 4) is 5.75 Å². The molecule has 0 fully saturated rings. The molecule has 7 heteroatoms. The Morgan fingerprint density at radius 1 is 1.17 bits per heavy atom. The van der Waals surface area contributed by atoms with Gasteiger partial charge in [0, 0.05) is 10.2 Å². The van der Waals surface area contributed by atoms with Gasteiger partial charge in [-0.2, -0.15) is 0 Å². The van der Waals surface area contributed by atoms with Crippen LogP contribution in [-0.4, -0.2) is 24.1 Å². The minimum atomic E-state index is -0.898. The molecule has 0 unspecified atom stereocenters. The van der Waals surface area contributed by atoms with E-state index in [2.05, 4.69) is 37.2 Å². The van der Waals surface area contributed by atoms with E-state index in [1.165, 1.54) is 7.11 Å². The van der Waals surface area contributed by atoms with Crippen LogP contribution in [0.5, 0.6) is 5.75 Å². The van der Waals surface area contributed by atoms with Crippen LogP contribution in [0.2, 0.25) is 0 Å². The van der Waals surface area contributed by atoms with Crippen LogP contribution in [-0.2, 0) is 11.2 Å². The molecule has 2 N–H and O–H groups in total. The van der Waals surface area contributed by atoms with Crippen LogP contribution < -0.4 is 10.1 Å². The number of benzene rings is 2. The first-order valence-corrected chi connectivity index (χ1v) is 8.14. The number of hydrogen-bond acceptors (Lipinski definition) is 3. The first-order valence-electron chi connectivity index (χ1n) is 6.56. The number of anilines is 1. The van der Waals surface area contributed by atoms with Crippen molar-refractivity contribution in [2.75, 3.05) is 12.4 Å². The molecule has 0 aliphatic rings. The highest BCUT2D eigenvalue weighted by atomic mass is 79.9. The van der Waals surface area contributed by atoms with Crippen molar-refractivity contribution in [3.05, 3.63) is 56.5 Å². The lowest BCUT2D eigenvalue weighted by Gasteiger charge is -2.12. The largest absolute Gasteiger partial charge is 0.495 e. The molecule has 23 heavy (non-hydrogen) atoms. The highest BCUT2D eigenvalue weighted by molar-refractivity contribution is 9.11. The Labute approximate surface area is 149 Å². The Morgan fingerprint density at radius 3 is 2.39 bits per heavy atom. The van der Waals surface area contributed by atoms with Crippen LogP contribution in [0.3, 0.4) is 0 Å². The molecular weight excluding hydrogens is 430 g/mol. The zero-order chi connectivity index (χ0) is 17.0. The molecule has 1 amide bonds. The second kappa shape index (κ2) is 7.61. The lowest BCUT2D eigenvalue weighted by atomic mass is 10.1. The summed E-state index contributed by atoms with van der Waals surface area (Å²) >= 11 is 6.69. The summed E-state index contributed by atoms with van der Waals surface area (Å²) < 4.78 is 6.66. The molecule has 0 heterocycles. The van der Waals surface area contributed by atoms with Crippen molar-refractivity contribution in [1.29, 1.82) is 0 Å². The number of rotatable bonds is 5. The van der Waals surface area contributed by atoms with Crippen molar-refractivity contribution in [2.24, 2.45) is 0 Å². The molecule has 2 rings (SSSR count). The maximum absolute atomic E-state index is 12.4. The fourth-order valence-corrected chi connectivity index (χ4v) is 3.40. The predicted octanol–water partition coefficient (Wildman–Crippen LogP) is 4.10. The van der Waals surface area contributed by atoms with Crippen molar-refractivity contribution < 1.29 is 19.4 Å². The first kappa shape index (κ1) is 17.5. The summed E-state index contributed by atoms with van der Waals surface area (Å²) in [5.74, 6) is -0.784. The SMILES string of the molecule is COc1c(Br)cc(Br)cc1C(=O)Nc1ccc(CC(=O)O)cc1. The van der Waals surface area contributed by atoms with Crippen molar-refractivity contribution >= 4 is 49.4 Å². The normalized spacial score (nSPS) is 10.2. The lowest BCUT2D eigenvalue weighted by Crippen LogP contribution is -2.13. The van der Waals surface area contributed by atoms with E-state index < -0.39 is 5.97 Å². The third-order valence-electron chi connectivity index (χ3n) is 3.02. The van der Waals surface area contributed by atoms with Gasteiger partial charge in [-0.1, -0.05) is 28.1 Å². The van der Waals surface area contributed by atoms with E-state index in [1.807, 2.05) is 0 Å². The number of aliphatic carboxylic acids is 1. The fourth-order valence-electron chi connectivity index (χ4n) is 2.02. The van der Waals surface area contributed by atoms with Gasteiger partial charge in [0.05, 0.1) is 23.6 Å². The molecule has 0 aliphatic carbocycles. The number of carbonyl (C=O) groups excluding carboxylic acids is 1. The molecule has 0 aromatic heterocycles. The molecule has 2 aromatic carbocycles. The number of amides is 1. The molecule has 0 saturated carbocycles. The van der Waals surface area contributed by atoms with Crippen molar-refractivity contribution in [1.82, 2.24) is 0 Å². The minimum Gasteiger partial charge on any atom is -0.495 e. The van der Waals surface area contributed by atoms with E-state index in [-0.39, 0.29) is 12.3 Å². The average molecular weight is 443 g/mol. The highest BCUT2D eigenvalue weighted by Crippen LogP contribution is 2.33. The average Bonchev–Trinajstić information content (AvgIpc) is 2.48. The number of carbonyl (C=O) groups is 2. The van der Waals surface area contributed by atoms with E-state index in [9.17, 15) is 9.59 Å². The van der Waals surface area contributed by atoms with Gasteiger partial charge in [-0.25, -0.2) is 0 Å². The number of ether oxygens (including phenoxy) is 1. The maximum Gasteiger partial charge on any atom is 0.307 e. The molecule has 2 aromatic rings. The Hall–Kier alpha value is -1.86. The summed E-state index contributed by atoms with van der Waals surface area (Å²) in [4.78, 5) is 23.1. The van der Waals surface area contributed by atoms with Crippen LogP contribution in [0.15, 0.2) is 45.3 Å². The van der Waals surface area contributed by atoms with E-state index in [0.717, 1.165) is 4.47 Å². The number of hydrogen-bond donors (Lipinski definition) is 2. The van der Waals surface area contributed by atoms with Crippen LogP contribution >= 0.6 is 31.9 Å². The molecule has 0 saturated heterocycles. The molecule has 0 spiro atoms. The Bertz CT molecular complexity index is 744. The standard InChI is InChI=1S/C16H13Br2NO4/c1-23-15-12(7-10(17)8-13(15)18)16(22)19-11-4-2-9(3-5-11)6-14(20)21/h2-5,7-8H,6H2,1H3,(H,19,22)(H,20,21). The molecule has 0 aliphatic heterocycles. The Balaban J connectivity index is 2.21. The minimum absolute atomic E-state index is 0.0549. The van der Waals surface area contributed by atoms with Gasteiger partial charge in [0.1, 0.15) is 5.75 Å². The van der Waals surface area contributed by atoms with Gasteiger partial charge in [-0.15, -0.1) is 0 Å². The number of carboxylic acids is 1. The summed E-state index contributed by atoms with van der Waals surface area (Å²) in [5, 5.41) is 11.5. The monoisotopic (exact) mass is 441 g/mol. The first-order chi connectivity index (χ1) is 10.9. The van der Waals surface area contributed by atoms with Gasteiger partial charge in [0.15, 0.2) is 0 Å². The third kappa shape index (κ3) is 4.56. The number of carboxylic acid groups (broad SMARTS) is 1. The summed E-state index contributed by atoms with van der Waals surface area (Å²) in [7, 11) is 1.49.